The zero-order chi connectivity index (χ0) is 12.2. The summed E-state index contributed by atoms with van der Waals surface area (Å²) in [4.78, 5) is 12.6. The molecule has 17 heavy (non-hydrogen) atoms. The Morgan fingerprint density at radius 2 is 2.18 bits per heavy atom. The van der Waals surface area contributed by atoms with Gasteiger partial charge in [0.15, 0.2) is 0 Å². The molecule has 0 aromatic carbocycles. The highest BCUT2D eigenvalue weighted by Crippen LogP contribution is 2.22. The van der Waals surface area contributed by atoms with Crippen molar-refractivity contribution in [2.75, 3.05) is 6.54 Å². The van der Waals surface area contributed by atoms with E-state index in [-0.39, 0.29) is 23.9 Å². The molecule has 1 heterocycles. The van der Waals surface area contributed by atoms with Gasteiger partial charge in [-0.25, -0.2) is 0 Å². The standard InChI is InChI=1S/C11H17ClN2OS.ClH/c1-11(2,13)7-14-10(15)6-4-8-3-5-9(12)16-8;/h3,5H,4,6-7,13H2,1-2H3,(H,14,15);1H. The second-order valence-electron chi connectivity index (χ2n) is 4.47. The minimum Gasteiger partial charge on any atom is -0.354 e. The molecule has 0 bridgehead atoms. The van der Waals surface area contributed by atoms with Crippen LogP contribution in [0.5, 0.6) is 0 Å². The Balaban J connectivity index is 0.00000256. The first-order chi connectivity index (χ1) is 7.37. The summed E-state index contributed by atoms with van der Waals surface area (Å²) in [5.41, 5.74) is 5.41. The molecule has 0 unspecified atom stereocenters. The van der Waals surface area contributed by atoms with Crippen LogP contribution in [0.1, 0.15) is 25.1 Å². The Morgan fingerprint density at radius 3 is 2.65 bits per heavy atom. The number of halogens is 2. The third kappa shape index (κ3) is 7.60. The van der Waals surface area contributed by atoms with E-state index in [2.05, 4.69) is 5.32 Å². The van der Waals surface area contributed by atoms with Crippen LogP contribution in [0.15, 0.2) is 12.1 Å². The molecule has 1 aromatic rings. The topological polar surface area (TPSA) is 55.1 Å². The van der Waals surface area contributed by atoms with Crippen molar-refractivity contribution in [1.29, 1.82) is 0 Å². The minimum absolute atomic E-state index is 0. The highest BCUT2D eigenvalue weighted by molar-refractivity contribution is 7.16. The first-order valence-corrected chi connectivity index (χ1v) is 6.36. The van der Waals surface area contributed by atoms with Crippen molar-refractivity contribution < 1.29 is 4.79 Å². The lowest BCUT2D eigenvalue weighted by Crippen LogP contribution is -2.45. The van der Waals surface area contributed by atoms with Crippen LogP contribution in [0, 0.1) is 0 Å². The Hall–Kier alpha value is -0.290. The summed E-state index contributed by atoms with van der Waals surface area (Å²) in [6.07, 6.45) is 1.21. The van der Waals surface area contributed by atoms with Gasteiger partial charge < -0.3 is 11.1 Å². The van der Waals surface area contributed by atoms with E-state index in [1.165, 1.54) is 11.3 Å². The summed E-state index contributed by atoms with van der Waals surface area (Å²) < 4.78 is 0.762. The number of carbonyl (C=O) groups excluding carboxylic acids is 1. The van der Waals surface area contributed by atoms with Crippen LogP contribution in [0.2, 0.25) is 4.34 Å². The Kier molecular flexibility index (Phi) is 7.09. The molecule has 6 heteroatoms. The lowest BCUT2D eigenvalue weighted by Gasteiger charge is -2.18. The number of nitrogens with one attached hydrogen (secondary N) is 1. The van der Waals surface area contributed by atoms with Crippen molar-refractivity contribution in [3.63, 3.8) is 0 Å². The maximum absolute atomic E-state index is 11.5. The molecule has 3 N–H and O–H groups in total. The molecule has 1 aromatic heterocycles. The second kappa shape index (κ2) is 7.21. The molecule has 0 aliphatic heterocycles. The van der Waals surface area contributed by atoms with E-state index in [9.17, 15) is 4.79 Å². The normalized spacial score (nSPS) is 10.8. The molecule has 0 fully saturated rings. The second-order valence-corrected chi connectivity index (χ2v) is 6.27. The van der Waals surface area contributed by atoms with E-state index < -0.39 is 0 Å². The molecule has 0 aliphatic rings. The average Bonchev–Trinajstić information content (AvgIpc) is 2.57. The smallest absolute Gasteiger partial charge is 0.220 e. The number of amides is 1. The highest BCUT2D eigenvalue weighted by Gasteiger charge is 2.12. The van der Waals surface area contributed by atoms with Crippen LogP contribution < -0.4 is 11.1 Å². The molecule has 0 aliphatic carbocycles. The molecular weight excluding hydrogens is 279 g/mol. The molecule has 1 amide bonds. The van der Waals surface area contributed by atoms with Crippen LogP contribution in [0.3, 0.4) is 0 Å². The van der Waals surface area contributed by atoms with E-state index in [4.69, 9.17) is 17.3 Å². The lowest BCUT2D eigenvalue weighted by molar-refractivity contribution is -0.121. The largest absolute Gasteiger partial charge is 0.354 e. The molecule has 1 rings (SSSR count). The number of thiophene rings is 1. The zero-order valence-electron chi connectivity index (χ0n) is 9.96. The van der Waals surface area contributed by atoms with E-state index in [0.717, 1.165) is 15.6 Å². The van der Waals surface area contributed by atoms with Gasteiger partial charge in [-0.2, -0.15) is 0 Å². The minimum atomic E-state index is -0.359. The molecule has 0 saturated carbocycles. The van der Waals surface area contributed by atoms with Crippen molar-refractivity contribution in [1.82, 2.24) is 5.32 Å². The van der Waals surface area contributed by atoms with Crippen molar-refractivity contribution in [3.05, 3.63) is 21.3 Å². The van der Waals surface area contributed by atoms with Gasteiger partial charge in [-0.3, -0.25) is 4.79 Å². The molecule has 0 atom stereocenters. The first kappa shape index (κ1) is 16.7. The van der Waals surface area contributed by atoms with Gasteiger partial charge >= 0.3 is 0 Å². The van der Waals surface area contributed by atoms with Crippen molar-refractivity contribution in [3.8, 4) is 0 Å². The van der Waals surface area contributed by atoms with Crippen LogP contribution >= 0.6 is 35.3 Å². The van der Waals surface area contributed by atoms with Crippen LogP contribution in [0.25, 0.3) is 0 Å². The fraction of sp³-hybridized carbons (Fsp3) is 0.545. The maximum atomic E-state index is 11.5. The average molecular weight is 297 g/mol. The van der Waals surface area contributed by atoms with Gasteiger partial charge in [-0.1, -0.05) is 11.6 Å². The van der Waals surface area contributed by atoms with Crippen LogP contribution in [-0.2, 0) is 11.2 Å². The molecule has 98 valence electrons. The zero-order valence-corrected chi connectivity index (χ0v) is 12.3. The van der Waals surface area contributed by atoms with Crippen molar-refractivity contribution in [2.45, 2.75) is 32.2 Å². The summed E-state index contributed by atoms with van der Waals surface area (Å²) >= 11 is 7.31. The van der Waals surface area contributed by atoms with Gasteiger partial charge in [0.1, 0.15) is 0 Å². The van der Waals surface area contributed by atoms with Crippen LogP contribution in [-0.4, -0.2) is 18.0 Å². The Bertz CT molecular complexity index is 361. The van der Waals surface area contributed by atoms with Crippen molar-refractivity contribution in [2.24, 2.45) is 5.73 Å². The summed E-state index contributed by atoms with van der Waals surface area (Å²) in [7, 11) is 0. The number of hydrogen-bond donors (Lipinski definition) is 2. The van der Waals surface area contributed by atoms with E-state index in [1.54, 1.807) is 0 Å². The van der Waals surface area contributed by atoms with E-state index >= 15 is 0 Å². The predicted octanol–water partition coefficient (Wildman–Crippen LogP) is 2.61. The highest BCUT2D eigenvalue weighted by atomic mass is 35.5. The van der Waals surface area contributed by atoms with Crippen LogP contribution in [0.4, 0.5) is 0 Å². The fourth-order valence-corrected chi connectivity index (χ4v) is 2.22. The van der Waals surface area contributed by atoms with Gasteiger partial charge in [-0.05, 0) is 32.4 Å². The van der Waals surface area contributed by atoms with E-state index in [0.29, 0.717) is 13.0 Å². The third-order valence-corrected chi connectivity index (χ3v) is 3.26. The predicted molar refractivity (Wildman–Crippen MR) is 76.2 cm³/mol. The Morgan fingerprint density at radius 1 is 1.53 bits per heavy atom. The molecular formula is C11H18Cl2N2OS. The number of rotatable bonds is 5. The maximum Gasteiger partial charge on any atom is 0.220 e. The molecule has 3 nitrogen and oxygen atoms in total. The van der Waals surface area contributed by atoms with Gasteiger partial charge in [0.05, 0.1) is 4.34 Å². The van der Waals surface area contributed by atoms with Gasteiger partial charge in [0.2, 0.25) is 5.91 Å². The number of nitrogens with two attached hydrogens (primary N) is 1. The Labute approximate surface area is 117 Å². The fourth-order valence-electron chi connectivity index (χ4n) is 1.14. The van der Waals surface area contributed by atoms with Gasteiger partial charge in [0.25, 0.3) is 0 Å². The number of carbonyl (C=O) groups is 1. The molecule has 0 spiro atoms. The third-order valence-electron chi connectivity index (χ3n) is 1.97. The molecule has 0 saturated heterocycles. The summed E-state index contributed by atoms with van der Waals surface area (Å²) in [5, 5.41) is 2.81. The monoisotopic (exact) mass is 296 g/mol. The number of aryl methyl sites for hydroxylation is 1. The molecule has 0 radical (unpaired) electrons. The summed E-state index contributed by atoms with van der Waals surface area (Å²) in [6, 6.07) is 3.80. The van der Waals surface area contributed by atoms with Gasteiger partial charge in [0, 0.05) is 23.4 Å². The van der Waals surface area contributed by atoms with Gasteiger partial charge in [-0.15, -0.1) is 23.7 Å². The van der Waals surface area contributed by atoms with Crippen molar-refractivity contribution >= 4 is 41.3 Å². The summed E-state index contributed by atoms with van der Waals surface area (Å²) in [5.74, 6) is 0.0306. The lowest BCUT2D eigenvalue weighted by atomic mass is 10.1. The number of hydrogen-bond acceptors (Lipinski definition) is 3. The quantitative estimate of drug-likeness (QED) is 0.877. The SMILES string of the molecule is CC(C)(N)CNC(=O)CCc1ccc(Cl)s1.Cl. The summed E-state index contributed by atoms with van der Waals surface area (Å²) in [6.45, 7) is 4.26. The first-order valence-electron chi connectivity index (χ1n) is 5.16. The van der Waals surface area contributed by atoms with E-state index in [1.807, 2.05) is 26.0 Å².